The zero-order chi connectivity index (χ0) is 19.9. The maximum absolute atomic E-state index is 12.6. The number of likely N-dealkylation sites (tertiary alicyclic amines) is 1. The largest absolute Gasteiger partial charge is 0.342 e. The number of aromatic nitrogens is 2. The monoisotopic (exact) mass is 383 g/mol. The van der Waals surface area contributed by atoms with Gasteiger partial charge in [0.2, 0.25) is 5.91 Å². The number of imidazole rings is 1. The van der Waals surface area contributed by atoms with E-state index in [-0.39, 0.29) is 17.8 Å². The molecule has 0 radical (unpaired) electrons. The summed E-state index contributed by atoms with van der Waals surface area (Å²) in [5.41, 5.74) is 1.24. The van der Waals surface area contributed by atoms with Crippen LogP contribution in [0, 0.1) is 6.92 Å². The molecule has 8 nitrogen and oxygen atoms in total. The molecule has 2 fully saturated rings. The van der Waals surface area contributed by atoms with Crippen LogP contribution < -0.4 is 5.32 Å². The molecule has 3 heterocycles. The van der Waals surface area contributed by atoms with Crippen LogP contribution in [0.1, 0.15) is 31.5 Å². The Balaban J connectivity index is 1.31. The van der Waals surface area contributed by atoms with Gasteiger partial charge in [0.15, 0.2) is 0 Å². The van der Waals surface area contributed by atoms with Crippen LogP contribution in [0.15, 0.2) is 24.3 Å². The third-order valence-electron chi connectivity index (χ3n) is 5.95. The Kier molecular flexibility index (Phi) is 4.56. The number of aryl methyl sites for hydroxylation is 2. The molecular formula is C20H25N5O3. The molecule has 0 aliphatic carbocycles. The van der Waals surface area contributed by atoms with E-state index in [4.69, 9.17) is 0 Å². The Bertz CT molecular complexity index is 942. The van der Waals surface area contributed by atoms with Crippen molar-refractivity contribution in [3.05, 3.63) is 30.1 Å². The quantitative estimate of drug-likeness (QED) is 0.814. The first-order valence-electron chi connectivity index (χ1n) is 9.71. The highest BCUT2D eigenvalue weighted by atomic mass is 16.2. The van der Waals surface area contributed by atoms with Gasteiger partial charge < -0.3 is 14.8 Å². The highest BCUT2D eigenvalue weighted by molar-refractivity contribution is 6.06. The van der Waals surface area contributed by atoms with Crippen molar-refractivity contribution in [2.24, 2.45) is 0 Å². The number of hydrogen-bond donors (Lipinski definition) is 1. The summed E-state index contributed by atoms with van der Waals surface area (Å²) >= 11 is 0. The predicted octanol–water partition coefficient (Wildman–Crippen LogP) is 1.67. The number of urea groups is 1. The van der Waals surface area contributed by atoms with Crippen molar-refractivity contribution in [2.75, 3.05) is 20.1 Å². The Labute approximate surface area is 163 Å². The number of likely N-dealkylation sites (N-methyl/N-ethyl adjacent to an activating group) is 1. The van der Waals surface area contributed by atoms with E-state index in [1.165, 1.54) is 7.05 Å². The van der Waals surface area contributed by atoms with Crippen LogP contribution in [0.25, 0.3) is 11.0 Å². The minimum absolute atomic E-state index is 0.0991. The molecular weight excluding hydrogens is 358 g/mol. The van der Waals surface area contributed by atoms with Crippen LogP contribution in [0.5, 0.6) is 0 Å². The molecule has 8 heteroatoms. The van der Waals surface area contributed by atoms with E-state index in [1.54, 1.807) is 0 Å². The van der Waals surface area contributed by atoms with Gasteiger partial charge in [0.05, 0.1) is 11.0 Å². The highest BCUT2D eigenvalue weighted by Gasteiger charge is 2.51. The Morgan fingerprint density at radius 3 is 2.61 bits per heavy atom. The van der Waals surface area contributed by atoms with Crippen molar-refractivity contribution in [1.29, 1.82) is 0 Å². The number of carbonyl (C=O) groups is 3. The van der Waals surface area contributed by atoms with Gasteiger partial charge in [-0.15, -0.1) is 0 Å². The summed E-state index contributed by atoms with van der Waals surface area (Å²) in [6, 6.07) is 7.66. The van der Waals surface area contributed by atoms with Gasteiger partial charge in [0, 0.05) is 33.1 Å². The van der Waals surface area contributed by atoms with Crippen molar-refractivity contribution in [1.82, 2.24) is 24.7 Å². The number of amides is 4. The first-order chi connectivity index (χ1) is 13.4. The van der Waals surface area contributed by atoms with Gasteiger partial charge in [0.1, 0.15) is 11.4 Å². The lowest BCUT2D eigenvalue weighted by Gasteiger charge is -2.37. The van der Waals surface area contributed by atoms with Crippen LogP contribution in [0.3, 0.4) is 0 Å². The fourth-order valence-electron chi connectivity index (χ4n) is 4.26. The van der Waals surface area contributed by atoms with Gasteiger partial charge in [-0.25, -0.2) is 9.78 Å². The number of rotatable bonds is 4. The number of hydrogen-bond acceptors (Lipinski definition) is 4. The summed E-state index contributed by atoms with van der Waals surface area (Å²) in [5.74, 6) is 0.863. The van der Waals surface area contributed by atoms with Crippen molar-refractivity contribution in [3.63, 3.8) is 0 Å². The molecule has 4 rings (SSSR count). The number of carbonyl (C=O) groups excluding carboxylic acids is 3. The van der Waals surface area contributed by atoms with E-state index in [0.717, 1.165) is 34.7 Å². The number of nitrogens with one attached hydrogen (secondary N) is 1. The zero-order valence-electron chi connectivity index (χ0n) is 16.3. The van der Waals surface area contributed by atoms with Crippen LogP contribution >= 0.6 is 0 Å². The number of fused-ring (bicyclic) bond motifs is 1. The van der Waals surface area contributed by atoms with Crippen LogP contribution in [0.2, 0.25) is 0 Å². The molecule has 28 heavy (non-hydrogen) atoms. The second-order valence-electron chi connectivity index (χ2n) is 7.66. The highest BCUT2D eigenvalue weighted by Crippen LogP contribution is 2.29. The van der Waals surface area contributed by atoms with Gasteiger partial charge in [-0.3, -0.25) is 14.5 Å². The van der Waals surface area contributed by atoms with E-state index >= 15 is 0 Å². The SMILES string of the molecule is Cc1nc2ccccc2n1CCCC(=O)N1CCC2(CC1)NC(=O)N(C)C2=O. The zero-order valence-corrected chi connectivity index (χ0v) is 16.3. The lowest BCUT2D eigenvalue weighted by molar-refractivity contribution is -0.138. The summed E-state index contributed by atoms with van der Waals surface area (Å²) in [5, 5.41) is 2.80. The minimum Gasteiger partial charge on any atom is -0.342 e. The smallest absolute Gasteiger partial charge is 0.324 e. The van der Waals surface area contributed by atoms with E-state index in [2.05, 4.69) is 14.9 Å². The summed E-state index contributed by atoms with van der Waals surface area (Å²) in [6.45, 7) is 3.71. The molecule has 148 valence electrons. The molecule has 2 aliphatic rings. The molecule has 2 aliphatic heterocycles. The van der Waals surface area contributed by atoms with Gasteiger partial charge in [-0.05, 0) is 38.3 Å². The molecule has 0 atom stereocenters. The molecule has 4 amide bonds. The second kappa shape index (κ2) is 6.92. The number of nitrogens with zero attached hydrogens (tertiary/aromatic N) is 4. The van der Waals surface area contributed by atoms with Crippen molar-refractivity contribution in [2.45, 2.75) is 44.7 Å². The van der Waals surface area contributed by atoms with Gasteiger partial charge in [-0.2, -0.15) is 0 Å². The van der Waals surface area contributed by atoms with Gasteiger partial charge in [0.25, 0.3) is 5.91 Å². The fraction of sp³-hybridized carbons (Fsp3) is 0.500. The standard InChI is InChI=1S/C20H25N5O3/c1-14-21-15-6-3-4-7-16(15)25(14)11-5-8-17(26)24-12-9-20(10-13-24)18(27)23(2)19(28)22-20/h3-4,6-7H,5,8-13H2,1-2H3,(H,22,28). The topological polar surface area (TPSA) is 87.5 Å². The number of piperidine rings is 1. The number of imide groups is 1. The number of para-hydroxylation sites is 2. The molecule has 1 aromatic carbocycles. The van der Waals surface area contributed by atoms with Crippen molar-refractivity contribution >= 4 is 28.9 Å². The summed E-state index contributed by atoms with van der Waals surface area (Å²) in [6.07, 6.45) is 2.14. The summed E-state index contributed by atoms with van der Waals surface area (Å²) < 4.78 is 2.15. The lowest BCUT2D eigenvalue weighted by Crippen LogP contribution is -2.55. The maximum Gasteiger partial charge on any atom is 0.324 e. The van der Waals surface area contributed by atoms with Gasteiger partial charge in [-0.1, -0.05) is 12.1 Å². The first kappa shape index (κ1) is 18.5. The van der Waals surface area contributed by atoms with E-state index in [9.17, 15) is 14.4 Å². The summed E-state index contributed by atoms with van der Waals surface area (Å²) in [4.78, 5) is 44.2. The van der Waals surface area contributed by atoms with Crippen molar-refractivity contribution in [3.8, 4) is 0 Å². The molecule has 0 bridgehead atoms. The predicted molar refractivity (Wildman–Crippen MR) is 104 cm³/mol. The Morgan fingerprint density at radius 1 is 1.21 bits per heavy atom. The molecule has 2 saturated heterocycles. The third kappa shape index (κ3) is 3.02. The Morgan fingerprint density at radius 2 is 1.93 bits per heavy atom. The minimum atomic E-state index is -0.824. The average molecular weight is 383 g/mol. The van der Waals surface area contributed by atoms with Gasteiger partial charge >= 0.3 is 6.03 Å². The lowest BCUT2D eigenvalue weighted by atomic mass is 9.87. The van der Waals surface area contributed by atoms with Crippen LogP contribution in [-0.4, -0.2) is 62.9 Å². The van der Waals surface area contributed by atoms with Crippen LogP contribution in [-0.2, 0) is 16.1 Å². The average Bonchev–Trinajstić information content (AvgIpc) is 3.11. The molecule has 1 aromatic heterocycles. The fourth-order valence-corrected chi connectivity index (χ4v) is 4.26. The summed E-state index contributed by atoms with van der Waals surface area (Å²) in [7, 11) is 1.49. The third-order valence-corrected chi connectivity index (χ3v) is 5.95. The van der Waals surface area contributed by atoms with E-state index in [1.807, 2.05) is 36.1 Å². The normalized spacial score (nSPS) is 18.9. The Hall–Kier alpha value is -2.90. The first-order valence-corrected chi connectivity index (χ1v) is 9.71. The van der Waals surface area contributed by atoms with Crippen molar-refractivity contribution < 1.29 is 14.4 Å². The molecule has 0 unspecified atom stereocenters. The second-order valence-corrected chi connectivity index (χ2v) is 7.66. The molecule has 1 spiro atoms. The van der Waals surface area contributed by atoms with E-state index < -0.39 is 5.54 Å². The molecule has 0 saturated carbocycles. The molecule has 2 aromatic rings. The number of benzene rings is 1. The van der Waals surface area contributed by atoms with E-state index in [0.29, 0.717) is 32.4 Å². The maximum atomic E-state index is 12.6. The van der Waals surface area contributed by atoms with Crippen LogP contribution in [0.4, 0.5) is 4.79 Å². The molecule has 1 N–H and O–H groups in total.